The fourth-order valence-electron chi connectivity index (χ4n) is 2.33. The number of nitrogen functional groups attached to an aromatic ring is 1. The van der Waals surface area contributed by atoms with E-state index in [2.05, 4.69) is 29.4 Å². The number of hydrogen-bond acceptors (Lipinski definition) is 5. The molecule has 0 aliphatic carbocycles. The molecule has 1 heterocycles. The van der Waals surface area contributed by atoms with E-state index in [1.807, 2.05) is 6.92 Å². The Labute approximate surface area is 167 Å². The van der Waals surface area contributed by atoms with E-state index in [1.165, 1.54) is 16.4 Å². The molecule has 1 aromatic heterocycles. The van der Waals surface area contributed by atoms with E-state index in [4.69, 9.17) is 29.0 Å². The van der Waals surface area contributed by atoms with E-state index in [0.717, 1.165) is 12.8 Å². The van der Waals surface area contributed by atoms with Crippen molar-refractivity contribution in [2.75, 3.05) is 11.6 Å². The highest BCUT2D eigenvalue weighted by atomic mass is 35.5. The summed E-state index contributed by atoms with van der Waals surface area (Å²) >= 11 is 13.3. The quantitative estimate of drug-likeness (QED) is 0.502. The van der Waals surface area contributed by atoms with Crippen LogP contribution in [0.1, 0.15) is 33.6 Å². The smallest absolute Gasteiger partial charge is 0.230 e. The van der Waals surface area contributed by atoms with E-state index in [1.54, 1.807) is 18.2 Å². The number of hydrogen-bond donors (Lipinski definition) is 2. The summed E-state index contributed by atoms with van der Waals surface area (Å²) in [5.41, 5.74) is 0.629. The lowest BCUT2D eigenvalue weighted by atomic mass is 10.0. The third-order valence-electron chi connectivity index (χ3n) is 3.75. The first-order valence-corrected chi connectivity index (χ1v) is 10.1. The Kier molecular flexibility index (Phi) is 7.61. The predicted molar refractivity (Wildman–Crippen MR) is 108 cm³/mol. The Morgan fingerprint density at radius 3 is 2.65 bits per heavy atom. The summed E-state index contributed by atoms with van der Waals surface area (Å²) in [4.78, 5) is 12.1. The minimum Gasteiger partial charge on any atom is -0.353 e. The van der Waals surface area contributed by atoms with Gasteiger partial charge in [-0.15, -0.1) is 10.2 Å². The van der Waals surface area contributed by atoms with Crippen LogP contribution in [-0.2, 0) is 4.79 Å². The van der Waals surface area contributed by atoms with Crippen LogP contribution < -0.4 is 11.2 Å². The fraction of sp³-hybridized carbons (Fsp3) is 0.471. The van der Waals surface area contributed by atoms with Gasteiger partial charge in [-0.05, 0) is 43.9 Å². The highest BCUT2D eigenvalue weighted by Gasteiger charge is 2.16. The monoisotopic (exact) mass is 415 g/mol. The lowest BCUT2D eigenvalue weighted by Gasteiger charge is -2.14. The first kappa shape index (κ1) is 20.9. The van der Waals surface area contributed by atoms with Gasteiger partial charge in [-0.25, -0.2) is 4.68 Å². The van der Waals surface area contributed by atoms with Crippen LogP contribution in [0.3, 0.4) is 0 Å². The molecule has 0 unspecified atom stereocenters. The van der Waals surface area contributed by atoms with Gasteiger partial charge in [0, 0.05) is 16.6 Å². The molecule has 6 nitrogen and oxygen atoms in total. The van der Waals surface area contributed by atoms with Crippen LogP contribution in [0.2, 0.25) is 10.0 Å². The second-order valence-electron chi connectivity index (χ2n) is 6.53. The first-order chi connectivity index (χ1) is 12.3. The number of nitrogens with one attached hydrogen (secondary N) is 1. The van der Waals surface area contributed by atoms with Gasteiger partial charge in [-0.3, -0.25) is 4.79 Å². The average Bonchev–Trinajstić information content (AvgIpc) is 2.92. The molecule has 0 spiro atoms. The maximum atomic E-state index is 12.1. The molecule has 3 N–H and O–H groups in total. The molecule has 1 aromatic carbocycles. The molecule has 1 atom stereocenters. The van der Waals surface area contributed by atoms with Crippen molar-refractivity contribution >= 4 is 40.9 Å². The second-order valence-corrected chi connectivity index (χ2v) is 8.31. The summed E-state index contributed by atoms with van der Waals surface area (Å²) in [6.07, 6.45) is 2.04. The summed E-state index contributed by atoms with van der Waals surface area (Å²) in [5.74, 6) is 7.26. The second kappa shape index (κ2) is 9.48. The molecular weight excluding hydrogens is 393 g/mol. The molecule has 26 heavy (non-hydrogen) atoms. The largest absolute Gasteiger partial charge is 0.353 e. The summed E-state index contributed by atoms with van der Waals surface area (Å²) < 4.78 is 1.33. The lowest BCUT2D eigenvalue weighted by molar-refractivity contribution is -0.119. The zero-order valence-corrected chi connectivity index (χ0v) is 17.3. The summed E-state index contributed by atoms with van der Waals surface area (Å²) in [6.45, 7) is 6.35. The number of nitrogens with two attached hydrogens (primary N) is 1. The molecule has 0 fully saturated rings. The average molecular weight is 416 g/mol. The summed E-state index contributed by atoms with van der Waals surface area (Å²) in [6, 6.07) is 5.20. The SMILES string of the molecule is CC(C)CC[C@@H](C)NC(=O)CSc1nnc(-c2ccc(Cl)cc2Cl)n1N. The van der Waals surface area contributed by atoms with Crippen molar-refractivity contribution in [3.63, 3.8) is 0 Å². The van der Waals surface area contributed by atoms with Crippen LogP contribution in [0.25, 0.3) is 11.4 Å². The molecule has 0 saturated heterocycles. The van der Waals surface area contributed by atoms with Crippen molar-refractivity contribution in [3.8, 4) is 11.4 Å². The summed E-state index contributed by atoms with van der Waals surface area (Å²) in [5, 5.41) is 12.5. The van der Waals surface area contributed by atoms with Crippen molar-refractivity contribution in [2.45, 2.75) is 44.8 Å². The fourth-order valence-corrected chi connectivity index (χ4v) is 3.49. The molecule has 142 valence electrons. The molecule has 2 rings (SSSR count). The van der Waals surface area contributed by atoms with Crippen LogP contribution in [0, 0.1) is 5.92 Å². The van der Waals surface area contributed by atoms with Crippen molar-refractivity contribution in [1.82, 2.24) is 20.2 Å². The van der Waals surface area contributed by atoms with E-state index in [0.29, 0.717) is 32.5 Å². The van der Waals surface area contributed by atoms with Gasteiger partial charge in [0.2, 0.25) is 11.1 Å². The van der Waals surface area contributed by atoms with E-state index < -0.39 is 0 Å². The van der Waals surface area contributed by atoms with Crippen LogP contribution >= 0.6 is 35.0 Å². The number of aromatic nitrogens is 3. The third-order valence-corrected chi connectivity index (χ3v) is 5.24. The van der Waals surface area contributed by atoms with Gasteiger partial charge >= 0.3 is 0 Å². The molecule has 0 bridgehead atoms. The number of carbonyl (C=O) groups is 1. The Morgan fingerprint density at radius 1 is 1.27 bits per heavy atom. The maximum absolute atomic E-state index is 12.1. The third kappa shape index (κ3) is 5.79. The normalized spacial score (nSPS) is 12.4. The number of thioether (sulfide) groups is 1. The first-order valence-electron chi connectivity index (χ1n) is 8.36. The zero-order chi connectivity index (χ0) is 19.3. The highest BCUT2D eigenvalue weighted by molar-refractivity contribution is 7.99. The standard InChI is InChI=1S/C17H23Cl2N5OS/c1-10(2)4-5-11(3)21-15(25)9-26-17-23-22-16(24(17)20)13-7-6-12(18)8-14(13)19/h6-8,10-11H,4-5,9,20H2,1-3H3,(H,21,25)/t11-/m1/s1. The molecule has 1 amide bonds. The van der Waals surface area contributed by atoms with Crippen LogP contribution in [0.4, 0.5) is 0 Å². The number of halogens is 2. The van der Waals surface area contributed by atoms with Crippen molar-refractivity contribution < 1.29 is 4.79 Å². The van der Waals surface area contributed by atoms with Gasteiger partial charge in [-0.2, -0.15) is 0 Å². The van der Waals surface area contributed by atoms with E-state index in [9.17, 15) is 4.79 Å². The van der Waals surface area contributed by atoms with Crippen molar-refractivity contribution in [1.29, 1.82) is 0 Å². The van der Waals surface area contributed by atoms with Crippen LogP contribution in [-0.4, -0.2) is 32.6 Å². The van der Waals surface area contributed by atoms with Crippen LogP contribution in [0.15, 0.2) is 23.4 Å². The molecule has 0 aliphatic heterocycles. The Morgan fingerprint density at radius 2 is 2.00 bits per heavy atom. The molecule has 9 heteroatoms. The highest BCUT2D eigenvalue weighted by Crippen LogP contribution is 2.30. The van der Waals surface area contributed by atoms with E-state index >= 15 is 0 Å². The zero-order valence-electron chi connectivity index (χ0n) is 15.0. The molecule has 2 aromatic rings. The molecule has 0 aliphatic rings. The minimum atomic E-state index is -0.0552. The molecule has 0 saturated carbocycles. The Bertz CT molecular complexity index is 766. The Balaban J connectivity index is 1.95. The van der Waals surface area contributed by atoms with Gasteiger partial charge in [0.05, 0.1) is 10.8 Å². The van der Waals surface area contributed by atoms with E-state index in [-0.39, 0.29) is 17.7 Å². The topological polar surface area (TPSA) is 85.8 Å². The van der Waals surface area contributed by atoms with Crippen LogP contribution in [0.5, 0.6) is 0 Å². The number of rotatable bonds is 8. The number of carbonyl (C=O) groups excluding carboxylic acids is 1. The Hall–Kier alpha value is -1.44. The number of nitrogens with zero attached hydrogens (tertiary/aromatic N) is 3. The minimum absolute atomic E-state index is 0.0552. The number of benzene rings is 1. The lowest BCUT2D eigenvalue weighted by Crippen LogP contribution is -2.34. The molecule has 0 radical (unpaired) electrons. The van der Waals surface area contributed by atoms with Gasteiger partial charge in [-0.1, -0.05) is 48.8 Å². The molecular formula is C17H23Cl2N5OS. The van der Waals surface area contributed by atoms with Crippen molar-refractivity contribution in [3.05, 3.63) is 28.2 Å². The summed E-state index contributed by atoms with van der Waals surface area (Å²) in [7, 11) is 0. The van der Waals surface area contributed by atoms with Gasteiger partial charge in [0.15, 0.2) is 5.82 Å². The van der Waals surface area contributed by atoms with Gasteiger partial charge in [0.1, 0.15) is 0 Å². The maximum Gasteiger partial charge on any atom is 0.230 e. The predicted octanol–water partition coefficient (Wildman–Crippen LogP) is 4.00. The van der Waals surface area contributed by atoms with Gasteiger partial charge < -0.3 is 11.2 Å². The number of amides is 1. The van der Waals surface area contributed by atoms with Crippen molar-refractivity contribution in [2.24, 2.45) is 5.92 Å². The van der Waals surface area contributed by atoms with Gasteiger partial charge in [0.25, 0.3) is 0 Å².